The fourth-order valence-corrected chi connectivity index (χ4v) is 8.99. The van der Waals surface area contributed by atoms with Crippen LogP contribution in [0.15, 0.2) is 255 Å². The zero-order valence-electron chi connectivity index (χ0n) is 34.1. The van der Waals surface area contributed by atoms with Gasteiger partial charge in [0.15, 0.2) is 0 Å². The van der Waals surface area contributed by atoms with Crippen LogP contribution in [0.25, 0.3) is 83.1 Å². The molecule has 0 spiro atoms. The van der Waals surface area contributed by atoms with E-state index in [1.54, 1.807) is 0 Å². The monoisotopic (exact) mass is 790 g/mol. The van der Waals surface area contributed by atoms with Gasteiger partial charge in [0.1, 0.15) is 0 Å². The highest BCUT2D eigenvalue weighted by molar-refractivity contribution is 6.11. The van der Waals surface area contributed by atoms with E-state index in [2.05, 4.69) is 264 Å². The molecule has 1 heterocycles. The number of fused-ring (bicyclic) bond motifs is 3. The lowest BCUT2D eigenvalue weighted by Gasteiger charge is -2.26. The Morgan fingerprint density at radius 1 is 0.242 bits per heavy atom. The summed E-state index contributed by atoms with van der Waals surface area (Å²) in [6, 6.07) is 91.9. The van der Waals surface area contributed by atoms with Gasteiger partial charge in [0.05, 0.1) is 11.0 Å². The molecule has 11 rings (SSSR count). The molecule has 10 aromatic carbocycles. The minimum absolute atomic E-state index is 1.10. The second-order valence-corrected chi connectivity index (χ2v) is 15.8. The van der Waals surface area contributed by atoms with E-state index in [4.69, 9.17) is 0 Å². The number of nitrogens with zero attached hydrogens (tertiary/aromatic N) is 2. The normalized spacial score (nSPS) is 11.2. The van der Waals surface area contributed by atoms with Crippen molar-refractivity contribution in [3.8, 4) is 61.3 Å². The largest absolute Gasteiger partial charge is 0.310 e. The van der Waals surface area contributed by atoms with Crippen LogP contribution in [0.3, 0.4) is 0 Å². The Morgan fingerprint density at radius 3 is 1.40 bits per heavy atom. The highest BCUT2D eigenvalue weighted by atomic mass is 15.1. The summed E-state index contributed by atoms with van der Waals surface area (Å²) < 4.78 is 2.39. The lowest BCUT2D eigenvalue weighted by atomic mass is 9.93. The molecule has 1 aromatic heterocycles. The third kappa shape index (κ3) is 6.94. The molecule has 0 aliphatic carbocycles. The van der Waals surface area contributed by atoms with Crippen LogP contribution in [0.5, 0.6) is 0 Å². The minimum atomic E-state index is 1.10. The fraction of sp³-hybridized carbons (Fsp3) is 0. The second kappa shape index (κ2) is 16.1. The van der Waals surface area contributed by atoms with Crippen molar-refractivity contribution >= 4 is 38.9 Å². The minimum Gasteiger partial charge on any atom is -0.310 e. The molecule has 2 heteroatoms. The molecular weight excluding hydrogens is 749 g/mol. The van der Waals surface area contributed by atoms with Crippen LogP contribution in [0.1, 0.15) is 0 Å². The van der Waals surface area contributed by atoms with E-state index >= 15 is 0 Å². The summed E-state index contributed by atoms with van der Waals surface area (Å²) in [5.74, 6) is 0. The van der Waals surface area contributed by atoms with Crippen molar-refractivity contribution in [1.29, 1.82) is 0 Å². The highest BCUT2D eigenvalue weighted by Crippen LogP contribution is 2.41. The molecule has 0 N–H and O–H groups in total. The van der Waals surface area contributed by atoms with Crippen LogP contribution in [0.2, 0.25) is 0 Å². The molecule has 0 unspecified atom stereocenters. The summed E-state index contributed by atoms with van der Waals surface area (Å²) in [5.41, 5.74) is 18.8. The number of aromatic nitrogens is 1. The van der Waals surface area contributed by atoms with Crippen LogP contribution in [-0.2, 0) is 0 Å². The van der Waals surface area contributed by atoms with Gasteiger partial charge >= 0.3 is 0 Å². The maximum absolute atomic E-state index is 2.39. The Labute approximate surface area is 362 Å². The fourth-order valence-electron chi connectivity index (χ4n) is 8.99. The number of para-hydroxylation sites is 2. The Morgan fingerprint density at radius 2 is 0.694 bits per heavy atom. The molecule has 2 nitrogen and oxygen atoms in total. The number of benzene rings is 10. The quantitative estimate of drug-likeness (QED) is 0.141. The average Bonchev–Trinajstić information content (AvgIpc) is 3.69. The molecule has 62 heavy (non-hydrogen) atoms. The molecule has 11 aromatic rings. The van der Waals surface area contributed by atoms with Crippen molar-refractivity contribution in [2.45, 2.75) is 0 Å². The molecule has 0 saturated carbocycles. The summed E-state index contributed by atoms with van der Waals surface area (Å²) in [4.78, 5) is 2.35. The van der Waals surface area contributed by atoms with Crippen LogP contribution in [0.4, 0.5) is 17.1 Å². The van der Waals surface area contributed by atoms with E-state index in [1.165, 1.54) is 77.4 Å². The zero-order chi connectivity index (χ0) is 41.2. The maximum Gasteiger partial charge on any atom is 0.0541 e. The van der Waals surface area contributed by atoms with Gasteiger partial charge in [-0.1, -0.05) is 182 Å². The summed E-state index contributed by atoms with van der Waals surface area (Å²) in [7, 11) is 0. The average molecular weight is 791 g/mol. The summed E-state index contributed by atoms with van der Waals surface area (Å²) in [6.07, 6.45) is 0. The van der Waals surface area contributed by atoms with Gasteiger partial charge < -0.3 is 9.47 Å². The van der Waals surface area contributed by atoms with Crippen molar-refractivity contribution in [2.75, 3.05) is 4.90 Å². The first kappa shape index (κ1) is 36.8. The Hall–Kier alpha value is -8.20. The summed E-state index contributed by atoms with van der Waals surface area (Å²) in [6.45, 7) is 0. The molecule has 0 bridgehead atoms. The van der Waals surface area contributed by atoms with Gasteiger partial charge in [0.25, 0.3) is 0 Å². The maximum atomic E-state index is 2.39. The smallest absolute Gasteiger partial charge is 0.0541 e. The van der Waals surface area contributed by atoms with E-state index in [0.29, 0.717) is 0 Å². The van der Waals surface area contributed by atoms with E-state index in [-0.39, 0.29) is 0 Å². The van der Waals surface area contributed by atoms with Crippen molar-refractivity contribution in [3.05, 3.63) is 255 Å². The highest BCUT2D eigenvalue weighted by Gasteiger charge is 2.17. The van der Waals surface area contributed by atoms with Crippen LogP contribution < -0.4 is 4.90 Å². The standard InChI is InChI=1S/C60H42N2/c1-4-16-43(17-5-1)45-30-35-53(36-31-45)62-59-29-13-12-28-57(59)58-42-50(34-39-60(58)62)56-27-11-10-26-55(56)46-32-37-52(38-33-46)61(51-23-8-3-9-24-51)54-25-15-22-49(41-54)48-21-14-20-47(40-48)44-18-6-2-7-19-44/h1-42H. The third-order valence-electron chi connectivity index (χ3n) is 12.0. The summed E-state index contributed by atoms with van der Waals surface area (Å²) >= 11 is 0. The van der Waals surface area contributed by atoms with Crippen LogP contribution in [0, 0.1) is 0 Å². The molecule has 0 aliphatic rings. The molecular formula is C60H42N2. The lowest BCUT2D eigenvalue weighted by molar-refractivity contribution is 1.18. The first-order chi connectivity index (χ1) is 30.7. The molecule has 0 aliphatic heterocycles. The van der Waals surface area contributed by atoms with E-state index in [1.807, 2.05) is 0 Å². The van der Waals surface area contributed by atoms with Gasteiger partial charge in [-0.25, -0.2) is 0 Å². The molecule has 0 amide bonds. The van der Waals surface area contributed by atoms with Crippen molar-refractivity contribution < 1.29 is 0 Å². The van der Waals surface area contributed by atoms with Gasteiger partial charge in [-0.2, -0.15) is 0 Å². The molecule has 0 radical (unpaired) electrons. The van der Waals surface area contributed by atoms with Gasteiger partial charge in [0.2, 0.25) is 0 Å². The zero-order valence-corrected chi connectivity index (χ0v) is 34.1. The molecule has 0 saturated heterocycles. The van der Waals surface area contributed by atoms with Crippen LogP contribution in [-0.4, -0.2) is 4.57 Å². The summed E-state index contributed by atoms with van der Waals surface area (Å²) in [5, 5.41) is 2.48. The van der Waals surface area contributed by atoms with Crippen molar-refractivity contribution in [3.63, 3.8) is 0 Å². The third-order valence-corrected chi connectivity index (χ3v) is 12.0. The predicted octanol–water partition coefficient (Wildman–Crippen LogP) is 16.6. The lowest BCUT2D eigenvalue weighted by Crippen LogP contribution is -2.09. The number of hydrogen-bond acceptors (Lipinski definition) is 1. The SMILES string of the molecule is c1ccc(-c2ccc(-n3c4ccccc4c4cc(-c5ccccc5-c5ccc(N(c6ccccc6)c6cccc(-c7cccc(-c8ccccc8)c7)c6)cc5)ccc43)cc2)cc1. The Bertz CT molecular complexity index is 3310. The number of anilines is 3. The van der Waals surface area contributed by atoms with Crippen molar-refractivity contribution in [2.24, 2.45) is 0 Å². The molecule has 292 valence electrons. The van der Waals surface area contributed by atoms with Gasteiger partial charge in [0, 0.05) is 33.5 Å². The van der Waals surface area contributed by atoms with Gasteiger partial charge in [-0.3, -0.25) is 0 Å². The Balaban J connectivity index is 0.944. The van der Waals surface area contributed by atoms with E-state index < -0.39 is 0 Å². The van der Waals surface area contributed by atoms with Gasteiger partial charge in [-0.05, 0) is 128 Å². The topological polar surface area (TPSA) is 8.17 Å². The first-order valence-electron chi connectivity index (χ1n) is 21.3. The Kier molecular flexibility index (Phi) is 9.57. The van der Waals surface area contributed by atoms with E-state index in [0.717, 1.165) is 22.7 Å². The van der Waals surface area contributed by atoms with Crippen LogP contribution >= 0.6 is 0 Å². The van der Waals surface area contributed by atoms with E-state index in [9.17, 15) is 0 Å². The second-order valence-electron chi connectivity index (χ2n) is 15.8. The number of hydrogen-bond donors (Lipinski definition) is 0. The first-order valence-corrected chi connectivity index (χ1v) is 21.3. The van der Waals surface area contributed by atoms with Crippen molar-refractivity contribution in [1.82, 2.24) is 4.57 Å². The van der Waals surface area contributed by atoms with Gasteiger partial charge in [-0.15, -0.1) is 0 Å². The molecule has 0 atom stereocenters. The number of rotatable bonds is 9. The predicted molar refractivity (Wildman–Crippen MR) is 263 cm³/mol. The molecule has 0 fully saturated rings.